The minimum atomic E-state index is 0.0898. The summed E-state index contributed by atoms with van der Waals surface area (Å²) in [5, 5.41) is 3.32. The van der Waals surface area contributed by atoms with Crippen LogP contribution in [0.25, 0.3) is 11.0 Å². The van der Waals surface area contributed by atoms with Crippen molar-refractivity contribution in [2.45, 2.75) is 51.0 Å². The first-order chi connectivity index (χ1) is 14.1. The summed E-state index contributed by atoms with van der Waals surface area (Å²) in [6, 6.07) is 6.55. The van der Waals surface area contributed by atoms with E-state index in [-0.39, 0.29) is 11.6 Å². The molecule has 0 spiro atoms. The van der Waals surface area contributed by atoms with Crippen molar-refractivity contribution >= 4 is 16.9 Å². The molecular weight excluding hydrogens is 364 g/mol. The summed E-state index contributed by atoms with van der Waals surface area (Å²) in [7, 11) is 1.88. The van der Waals surface area contributed by atoms with Crippen LogP contribution in [-0.4, -0.2) is 46.1 Å². The molecule has 6 heteroatoms. The molecule has 1 aromatic carbocycles. The van der Waals surface area contributed by atoms with E-state index in [4.69, 9.17) is 0 Å². The van der Waals surface area contributed by atoms with Gasteiger partial charge in [0.2, 0.25) is 5.91 Å². The zero-order chi connectivity index (χ0) is 20.0. The van der Waals surface area contributed by atoms with Crippen LogP contribution in [0.15, 0.2) is 23.0 Å². The zero-order valence-electron chi connectivity index (χ0n) is 17.4. The number of benzene rings is 1. The molecule has 6 nitrogen and oxygen atoms in total. The maximum atomic E-state index is 12.9. The molecule has 1 N–H and O–H groups in total. The molecule has 2 saturated carbocycles. The highest BCUT2D eigenvalue weighted by molar-refractivity contribution is 5.79. The van der Waals surface area contributed by atoms with E-state index < -0.39 is 0 Å². The quantitative estimate of drug-likeness (QED) is 0.864. The molecule has 0 unspecified atom stereocenters. The fourth-order valence-corrected chi connectivity index (χ4v) is 5.27. The fourth-order valence-electron chi connectivity index (χ4n) is 5.27. The Morgan fingerprint density at radius 2 is 1.76 bits per heavy atom. The molecule has 29 heavy (non-hydrogen) atoms. The van der Waals surface area contributed by atoms with Gasteiger partial charge < -0.3 is 10.2 Å². The average Bonchev–Trinajstić information content (AvgIpc) is 3.59. The van der Waals surface area contributed by atoms with Crippen LogP contribution >= 0.6 is 0 Å². The SMILES string of the molecule is Cn1c(=O)n(CC2CCC(C(=O)N3CCNCC3)CC2)c2cc(C3CC3)ccc21. The summed E-state index contributed by atoms with van der Waals surface area (Å²) in [5.41, 5.74) is 3.58. The lowest BCUT2D eigenvalue weighted by atomic mass is 9.81. The average molecular weight is 397 g/mol. The summed E-state index contributed by atoms with van der Waals surface area (Å²) in [5.74, 6) is 1.70. The Hall–Kier alpha value is -2.08. The highest BCUT2D eigenvalue weighted by Crippen LogP contribution is 2.41. The second-order valence-electron chi connectivity index (χ2n) is 9.27. The van der Waals surface area contributed by atoms with Gasteiger partial charge >= 0.3 is 5.69 Å². The third-order valence-corrected chi connectivity index (χ3v) is 7.28. The number of nitrogens with zero attached hydrogens (tertiary/aromatic N) is 3. The van der Waals surface area contributed by atoms with Gasteiger partial charge in [-0.15, -0.1) is 0 Å². The fraction of sp³-hybridized carbons (Fsp3) is 0.652. The number of aromatic nitrogens is 2. The summed E-state index contributed by atoms with van der Waals surface area (Å²) < 4.78 is 3.77. The number of aryl methyl sites for hydroxylation is 1. The Labute approximate surface area is 171 Å². The maximum Gasteiger partial charge on any atom is 0.328 e. The number of carbonyl (C=O) groups is 1. The van der Waals surface area contributed by atoms with Crippen LogP contribution in [0.1, 0.15) is 50.0 Å². The van der Waals surface area contributed by atoms with Crippen molar-refractivity contribution in [1.82, 2.24) is 19.4 Å². The van der Waals surface area contributed by atoms with E-state index in [0.717, 1.165) is 69.4 Å². The van der Waals surface area contributed by atoms with E-state index in [1.165, 1.54) is 18.4 Å². The normalized spacial score (nSPS) is 25.5. The van der Waals surface area contributed by atoms with Gasteiger partial charge in [-0.3, -0.25) is 13.9 Å². The molecule has 156 valence electrons. The van der Waals surface area contributed by atoms with Gasteiger partial charge in [0.1, 0.15) is 0 Å². The monoisotopic (exact) mass is 396 g/mol. The predicted octanol–water partition coefficient (Wildman–Crippen LogP) is 2.46. The third-order valence-electron chi connectivity index (χ3n) is 7.28. The minimum absolute atomic E-state index is 0.0898. The van der Waals surface area contributed by atoms with Gasteiger partial charge in [-0.1, -0.05) is 6.07 Å². The number of fused-ring (bicyclic) bond motifs is 1. The van der Waals surface area contributed by atoms with Crippen LogP contribution < -0.4 is 11.0 Å². The molecule has 1 amide bonds. The van der Waals surface area contributed by atoms with Crippen molar-refractivity contribution in [1.29, 1.82) is 0 Å². The van der Waals surface area contributed by atoms with Crippen LogP contribution in [0, 0.1) is 11.8 Å². The summed E-state index contributed by atoms with van der Waals surface area (Å²) in [6.45, 7) is 4.28. The number of piperazine rings is 1. The number of nitrogens with one attached hydrogen (secondary N) is 1. The lowest BCUT2D eigenvalue weighted by Gasteiger charge is -2.34. The Kier molecular flexibility index (Phi) is 4.98. The summed E-state index contributed by atoms with van der Waals surface area (Å²) in [6.07, 6.45) is 6.53. The van der Waals surface area contributed by atoms with Crippen LogP contribution in [0.2, 0.25) is 0 Å². The molecule has 0 bridgehead atoms. The van der Waals surface area contributed by atoms with E-state index in [1.807, 2.05) is 16.5 Å². The Balaban J connectivity index is 1.28. The number of amides is 1. The van der Waals surface area contributed by atoms with Gasteiger partial charge in [0.25, 0.3) is 0 Å². The lowest BCUT2D eigenvalue weighted by Crippen LogP contribution is -2.49. The molecule has 1 aliphatic heterocycles. The van der Waals surface area contributed by atoms with Crippen molar-refractivity contribution in [2.75, 3.05) is 26.2 Å². The molecule has 3 fully saturated rings. The Bertz CT molecular complexity index is 957. The topological polar surface area (TPSA) is 59.3 Å². The number of imidazole rings is 1. The standard InChI is InChI=1S/C23H32N4O2/c1-25-20-9-8-19(17-6-7-17)14-21(20)27(23(25)29)15-16-2-4-18(5-3-16)22(28)26-12-10-24-11-13-26/h8-9,14,16-18,24H,2-7,10-13,15H2,1H3. The van der Waals surface area contributed by atoms with Gasteiger partial charge in [-0.05, 0) is 68.1 Å². The van der Waals surface area contributed by atoms with E-state index in [9.17, 15) is 9.59 Å². The first-order valence-electron chi connectivity index (χ1n) is 11.3. The first-order valence-corrected chi connectivity index (χ1v) is 11.3. The smallest absolute Gasteiger partial charge is 0.328 e. The number of carbonyl (C=O) groups excluding carboxylic acids is 1. The van der Waals surface area contributed by atoms with Crippen molar-refractivity contribution in [2.24, 2.45) is 18.9 Å². The largest absolute Gasteiger partial charge is 0.340 e. The maximum absolute atomic E-state index is 12.9. The van der Waals surface area contributed by atoms with Crippen LogP contribution in [-0.2, 0) is 18.4 Å². The summed E-state index contributed by atoms with van der Waals surface area (Å²) in [4.78, 5) is 27.7. The van der Waals surface area contributed by atoms with Gasteiger partial charge in [0, 0.05) is 45.7 Å². The second kappa shape index (κ2) is 7.63. The number of rotatable bonds is 4. The molecule has 2 aliphatic carbocycles. The van der Waals surface area contributed by atoms with E-state index in [2.05, 4.69) is 23.5 Å². The number of hydrogen-bond acceptors (Lipinski definition) is 3. The Morgan fingerprint density at radius 1 is 1.03 bits per heavy atom. The van der Waals surface area contributed by atoms with Crippen molar-refractivity contribution in [3.05, 3.63) is 34.2 Å². The third kappa shape index (κ3) is 3.63. The van der Waals surface area contributed by atoms with Crippen molar-refractivity contribution in [3.63, 3.8) is 0 Å². The first kappa shape index (κ1) is 18.9. The summed E-state index contributed by atoms with van der Waals surface area (Å²) >= 11 is 0. The van der Waals surface area contributed by atoms with Crippen LogP contribution in [0.3, 0.4) is 0 Å². The number of hydrogen-bond donors (Lipinski definition) is 1. The second-order valence-corrected chi connectivity index (χ2v) is 9.27. The molecule has 1 aromatic heterocycles. The molecule has 3 aliphatic rings. The molecule has 2 heterocycles. The van der Waals surface area contributed by atoms with E-state index in [0.29, 0.717) is 17.7 Å². The van der Waals surface area contributed by atoms with Gasteiger partial charge in [0.05, 0.1) is 11.0 Å². The minimum Gasteiger partial charge on any atom is -0.340 e. The van der Waals surface area contributed by atoms with E-state index in [1.54, 1.807) is 4.57 Å². The highest BCUT2D eigenvalue weighted by atomic mass is 16.2. The molecule has 0 radical (unpaired) electrons. The lowest BCUT2D eigenvalue weighted by molar-refractivity contribution is -0.137. The van der Waals surface area contributed by atoms with Crippen molar-refractivity contribution in [3.8, 4) is 0 Å². The van der Waals surface area contributed by atoms with Gasteiger partial charge in [0.15, 0.2) is 0 Å². The van der Waals surface area contributed by atoms with Crippen LogP contribution in [0.5, 0.6) is 0 Å². The zero-order valence-corrected chi connectivity index (χ0v) is 17.4. The molecule has 0 atom stereocenters. The predicted molar refractivity (Wildman–Crippen MR) is 114 cm³/mol. The van der Waals surface area contributed by atoms with E-state index >= 15 is 0 Å². The van der Waals surface area contributed by atoms with Gasteiger partial charge in [-0.2, -0.15) is 0 Å². The van der Waals surface area contributed by atoms with Gasteiger partial charge in [-0.25, -0.2) is 4.79 Å². The molecule has 5 rings (SSSR count). The van der Waals surface area contributed by atoms with Crippen molar-refractivity contribution < 1.29 is 4.79 Å². The highest BCUT2D eigenvalue weighted by Gasteiger charge is 2.31. The molecule has 1 saturated heterocycles. The van der Waals surface area contributed by atoms with Crippen LogP contribution in [0.4, 0.5) is 0 Å². The Morgan fingerprint density at radius 3 is 2.45 bits per heavy atom. The molecule has 2 aromatic rings. The molecular formula is C23H32N4O2.